The first-order valence-corrected chi connectivity index (χ1v) is 13.1. The maximum Gasteiger partial charge on any atom is 0.238 e. The normalized spacial score (nSPS) is 10.8. The van der Waals surface area contributed by atoms with Crippen molar-refractivity contribution in [3.63, 3.8) is 0 Å². The van der Waals surface area contributed by atoms with Crippen LogP contribution in [-0.2, 0) is 23.0 Å². The molecule has 0 atom stereocenters. The van der Waals surface area contributed by atoms with Gasteiger partial charge in [-0.3, -0.25) is 5.41 Å². The monoisotopic (exact) mass is 500 g/mol. The second-order valence-electron chi connectivity index (χ2n) is 8.40. The van der Waals surface area contributed by atoms with Crippen molar-refractivity contribution in [2.75, 3.05) is 11.9 Å². The van der Waals surface area contributed by atoms with Crippen LogP contribution in [0.2, 0.25) is 0 Å². The summed E-state index contributed by atoms with van der Waals surface area (Å²) in [6, 6.07) is 32.6. The fraction of sp³-hybridized carbons (Fsp3) is 0.138. The number of sulfonamides is 1. The van der Waals surface area contributed by atoms with Crippen LogP contribution in [-0.4, -0.2) is 21.3 Å². The summed E-state index contributed by atoms with van der Waals surface area (Å²) in [6.07, 6.45) is 0.955. The van der Waals surface area contributed by atoms with Crippen molar-refractivity contribution in [1.29, 1.82) is 5.41 Å². The van der Waals surface area contributed by atoms with Crippen LogP contribution in [0.15, 0.2) is 108 Å². The molecule has 0 saturated heterocycles. The van der Waals surface area contributed by atoms with Crippen molar-refractivity contribution in [3.8, 4) is 11.1 Å². The van der Waals surface area contributed by atoms with Gasteiger partial charge in [0.2, 0.25) is 10.0 Å². The van der Waals surface area contributed by atoms with Gasteiger partial charge in [0.25, 0.3) is 0 Å². The Morgan fingerprint density at radius 3 is 2.08 bits per heavy atom. The van der Waals surface area contributed by atoms with E-state index in [1.54, 1.807) is 18.2 Å². The van der Waals surface area contributed by atoms with Crippen molar-refractivity contribution >= 4 is 21.5 Å². The molecule has 4 aromatic rings. The molecule has 0 bridgehead atoms. The zero-order valence-corrected chi connectivity index (χ0v) is 21.4. The Bertz CT molecular complexity index is 1400. The predicted octanol–water partition coefficient (Wildman–Crippen LogP) is 5.17. The Hall–Kier alpha value is -3.94. The molecule has 6 nitrogen and oxygen atoms in total. The molecule has 36 heavy (non-hydrogen) atoms. The first-order chi connectivity index (χ1) is 17.2. The van der Waals surface area contributed by atoms with Gasteiger partial charge in [0.1, 0.15) is 5.84 Å². The van der Waals surface area contributed by atoms with Crippen molar-refractivity contribution < 1.29 is 8.42 Å². The number of hydrogen-bond donors (Lipinski definition) is 3. The molecule has 0 aromatic heterocycles. The van der Waals surface area contributed by atoms with Crippen LogP contribution >= 0.6 is 0 Å². The minimum Gasteiger partial charge on any atom is -0.384 e. The number of primary sulfonamides is 1. The highest BCUT2D eigenvalue weighted by Gasteiger charge is 2.14. The van der Waals surface area contributed by atoms with Gasteiger partial charge >= 0.3 is 0 Å². The molecule has 0 fully saturated rings. The highest BCUT2D eigenvalue weighted by Crippen LogP contribution is 2.26. The lowest BCUT2D eigenvalue weighted by Gasteiger charge is -2.20. The van der Waals surface area contributed by atoms with Crippen LogP contribution in [0, 0.1) is 5.41 Å². The lowest BCUT2D eigenvalue weighted by molar-refractivity contribution is 0.598. The second-order valence-corrected chi connectivity index (χ2v) is 9.93. The van der Waals surface area contributed by atoms with Crippen LogP contribution in [0.3, 0.4) is 0 Å². The lowest BCUT2D eigenvalue weighted by Crippen LogP contribution is -2.17. The number of nitrogens with zero attached hydrogens (tertiary/aromatic N) is 1. The quantitative estimate of drug-likeness (QED) is 0.240. The van der Waals surface area contributed by atoms with E-state index in [0.717, 1.165) is 29.8 Å². The number of rotatable bonds is 7. The molecule has 0 spiro atoms. The van der Waals surface area contributed by atoms with Crippen LogP contribution in [0.5, 0.6) is 0 Å². The van der Waals surface area contributed by atoms with Crippen LogP contribution < -0.4 is 15.8 Å². The first-order valence-electron chi connectivity index (χ1n) is 11.6. The molecular formula is C29H32N4O2S. The molecule has 4 aromatic carbocycles. The van der Waals surface area contributed by atoms with Crippen molar-refractivity contribution in [2.45, 2.75) is 24.8 Å². The minimum atomic E-state index is -3.70. The smallest absolute Gasteiger partial charge is 0.238 e. The molecule has 0 aliphatic carbocycles. The number of hydrogen-bond acceptors (Lipinski definition) is 4. The number of nitrogens with two attached hydrogens (primary N) is 2. The summed E-state index contributed by atoms with van der Waals surface area (Å²) in [6.45, 7) is 2.91. The van der Waals surface area contributed by atoms with Crippen molar-refractivity contribution in [3.05, 3.63) is 120 Å². The van der Waals surface area contributed by atoms with E-state index in [1.165, 1.54) is 17.2 Å². The summed E-state index contributed by atoms with van der Waals surface area (Å²) >= 11 is 0. The standard InChI is InChI=1S/C15H17N3.C14H15NO2S/c1-18(11-12-6-3-2-4-7-12)14-9-5-8-13(10-14)15(16)17;1-2-11-7-9-12(10-8-11)13-5-3-4-6-14(13)18(15,16)17/h2-10H,11H2,1H3,(H3,16,17);3-10H,2H2,1H3,(H2,15,16,17). The average Bonchev–Trinajstić information content (AvgIpc) is 2.89. The number of benzene rings is 4. The van der Waals surface area contributed by atoms with Crippen molar-refractivity contribution in [2.24, 2.45) is 10.9 Å². The van der Waals surface area contributed by atoms with E-state index in [-0.39, 0.29) is 10.7 Å². The Kier molecular flexibility index (Phi) is 9.00. The number of anilines is 1. The molecule has 0 amide bonds. The van der Waals surface area contributed by atoms with Crippen LogP contribution in [0.4, 0.5) is 5.69 Å². The van der Waals surface area contributed by atoms with Gasteiger partial charge in [-0.25, -0.2) is 13.6 Å². The minimum absolute atomic E-state index is 0.102. The van der Waals surface area contributed by atoms with E-state index in [0.29, 0.717) is 5.56 Å². The Morgan fingerprint density at radius 2 is 1.47 bits per heavy atom. The molecule has 186 valence electrons. The Balaban J connectivity index is 0.000000201. The molecule has 0 unspecified atom stereocenters. The molecule has 0 radical (unpaired) electrons. The summed E-state index contributed by atoms with van der Waals surface area (Å²) in [5, 5.41) is 12.7. The average molecular weight is 501 g/mol. The maximum atomic E-state index is 11.5. The van der Waals surface area contributed by atoms with Gasteiger partial charge in [0.15, 0.2) is 0 Å². The highest BCUT2D eigenvalue weighted by atomic mass is 32.2. The third-order valence-corrected chi connectivity index (χ3v) is 6.70. The molecule has 7 heteroatoms. The van der Waals surface area contributed by atoms with E-state index >= 15 is 0 Å². The van der Waals surface area contributed by atoms with Gasteiger partial charge in [-0.15, -0.1) is 0 Å². The van der Waals surface area contributed by atoms with E-state index < -0.39 is 10.0 Å². The Morgan fingerprint density at radius 1 is 0.833 bits per heavy atom. The number of nitrogen functional groups attached to an aromatic ring is 1. The number of amidine groups is 1. The third kappa shape index (κ3) is 7.28. The largest absolute Gasteiger partial charge is 0.384 e. The van der Waals surface area contributed by atoms with Crippen LogP contribution in [0.1, 0.15) is 23.6 Å². The molecule has 5 N–H and O–H groups in total. The Labute approximate surface area is 213 Å². The van der Waals surface area contributed by atoms with E-state index in [4.69, 9.17) is 16.3 Å². The van der Waals surface area contributed by atoms with Crippen LogP contribution in [0.25, 0.3) is 11.1 Å². The van der Waals surface area contributed by atoms with Gasteiger partial charge in [-0.05, 0) is 41.3 Å². The van der Waals surface area contributed by atoms with Crippen molar-refractivity contribution in [1.82, 2.24) is 0 Å². The van der Waals surface area contributed by atoms with E-state index in [9.17, 15) is 8.42 Å². The fourth-order valence-electron chi connectivity index (χ4n) is 3.73. The topological polar surface area (TPSA) is 113 Å². The van der Waals surface area contributed by atoms with Gasteiger partial charge in [-0.2, -0.15) is 0 Å². The molecular weight excluding hydrogens is 468 g/mol. The number of aryl methyl sites for hydroxylation is 1. The predicted molar refractivity (Wildman–Crippen MR) is 149 cm³/mol. The zero-order chi connectivity index (χ0) is 26.1. The van der Waals surface area contributed by atoms with Gasteiger partial charge in [-0.1, -0.05) is 91.9 Å². The molecule has 0 aliphatic rings. The highest BCUT2D eigenvalue weighted by molar-refractivity contribution is 7.89. The molecule has 4 rings (SSSR count). The van der Waals surface area contributed by atoms with E-state index in [2.05, 4.69) is 24.0 Å². The second kappa shape index (κ2) is 12.2. The fourth-order valence-corrected chi connectivity index (χ4v) is 4.49. The number of nitrogens with one attached hydrogen (secondary N) is 1. The first kappa shape index (κ1) is 26.7. The summed E-state index contributed by atoms with van der Waals surface area (Å²) in [7, 11) is -1.66. The molecule has 0 saturated carbocycles. The van der Waals surface area contributed by atoms with E-state index in [1.807, 2.05) is 73.8 Å². The summed E-state index contributed by atoms with van der Waals surface area (Å²) in [5.74, 6) is 0.102. The van der Waals surface area contributed by atoms with Gasteiger partial charge < -0.3 is 10.6 Å². The van der Waals surface area contributed by atoms with Gasteiger partial charge in [0, 0.05) is 30.4 Å². The third-order valence-electron chi connectivity index (χ3n) is 5.73. The molecule has 0 aliphatic heterocycles. The van der Waals surface area contributed by atoms with Gasteiger partial charge in [0.05, 0.1) is 4.90 Å². The maximum absolute atomic E-state index is 11.5. The summed E-state index contributed by atoms with van der Waals surface area (Å²) in [4.78, 5) is 2.30. The summed E-state index contributed by atoms with van der Waals surface area (Å²) < 4.78 is 23.1. The zero-order valence-electron chi connectivity index (χ0n) is 20.6. The SMILES string of the molecule is CCc1ccc(-c2ccccc2S(N)(=O)=O)cc1.CN(Cc1ccccc1)c1cccc(C(=N)N)c1. The molecule has 0 heterocycles. The lowest BCUT2D eigenvalue weighted by atomic mass is 10.0. The summed E-state index contributed by atoms with van der Waals surface area (Å²) in [5.41, 5.74) is 11.3.